The molecule has 23 heavy (non-hydrogen) atoms. The third kappa shape index (κ3) is 4.02. The minimum absolute atomic E-state index is 0.0477. The first-order valence-corrected chi connectivity index (χ1v) is 8.80. The SMILES string of the molecule is Cc1ccc(NC(=O)CN(C)C(=S)N[C@@H]2C[C@@H]3CC[C@@H]2C3)cc1. The summed E-state index contributed by atoms with van der Waals surface area (Å²) >= 11 is 5.46. The zero-order valence-electron chi connectivity index (χ0n) is 13.8. The number of hydrogen-bond acceptors (Lipinski definition) is 2. The van der Waals surface area contributed by atoms with Crippen molar-refractivity contribution in [3.05, 3.63) is 29.8 Å². The number of hydrogen-bond donors (Lipinski definition) is 2. The number of likely N-dealkylation sites (N-methyl/N-ethyl adjacent to an activating group) is 1. The van der Waals surface area contributed by atoms with Crippen LogP contribution in [0.2, 0.25) is 0 Å². The van der Waals surface area contributed by atoms with Gasteiger partial charge in [0.15, 0.2) is 5.11 Å². The highest BCUT2D eigenvalue weighted by molar-refractivity contribution is 7.80. The van der Waals surface area contributed by atoms with Crippen LogP contribution in [-0.2, 0) is 4.79 Å². The topological polar surface area (TPSA) is 44.4 Å². The van der Waals surface area contributed by atoms with E-state index in [1.165, 1.54) is 31.2 Å². The van der Waals surface area contributed by atoms with E-state index in [4.69, 9.17) is 12.2 Å². The molecule has 4 nitrogen and oxygen atoms in total. The zero-order chi connectivity index (χ0) is 16.4. The number of anilines is 1. The van der Waals surface area contributed by atoms with Crippen LogP contribution in [0.15, 0.2) is 24.3 Å². The maximum absolute atomic E-state index is 12.1. The molecule has 124 valence electrons. The summed E-state index contributed by atoms with van der Waals surface area (Å²) in [6.07, 6.45) is 5.28. The van der Waals surface area contributed by atoms with Crippen molar-refractivity contribution < 1.29 is 4.79 Å². The Bertz CT molecular complexity index is 586. The Morgan fingerprint density at radius 1 is 1.26 bits per heavy atom. The van der Waals surface area contributed by atoms with Crippen molar-refractivity contribution in [3.63, 3.8) is 0 Å². The van der Waals surface area contributed by atoms with Crippen LogP contribution in [0.25, 0.3) is 0 Å². The van der Waals surface area contributed by atoms with Crippen molar-refractivity contribution in [1.29, 1.82) is 0 Å². The third-order valence-corrected chi connectivity index (χ3v) is 5.54. The fourth-order valence-corrected chi connectivity index (χ4v) is 4.03. The van der Waals surface area contributed by atoms with Gasteiger partial charge in [-0.2, -0.15) is 0 Å². The highest BCUT2D eigenvalue weighted by atomic mass is 32.1. The first-order valence-electron chi connectivity index (χ1n) is 8.39. The molecule has 1 aromatic rings. The van der Waals surface area contributed by atoms with Gasteiger partial charge in [-0.3, -0.25) is 4.79 Å². The van der Waals surface area contributed by atoms with Gasteiger partial charge in [0.2, 0.25) is 5.91 Å². The van der Waals surface area contributed by atoms with Gasteiger partial charge >= 0.3 is 0 Å². The predicted octanol–water partition coefficient (Wildman–Crippen LogP) is 2.93. The fourth-order valence-electron chi connectivity index (χ4n) is 3.81. The quantitative estimate of drug-likeness (QED) is 0.833. The second-order valence-corrected chi connectivity index (χ2v) is 7.39. The molecule has 1 amide bonds. The van der Waals surface area contributed by atoms with Crippen LogP contribution in [0.5, 0.6) is 0 Å². The van der Waals surface area contributed by atoms with Gasteiger partial charge in [0.05, 0.1) is 6.54 Å². The molecular weight excluding hydrogens is 306 g/mol. The number of carbonyl (C=O) groups excluding carboxylic acids is 1. The van der Waals surface area contributed by atoms with Gasteiger partial charge in [-0.15, -0.1) is 0 Å². The molecule has 0 heterocycles. The van der Waals surface area contributed by atoms with Gasteiger partial charge in [0.1, 0.15) is 0 Å². The Labute approximate surface area is 143 Å². The summed E-state index contributed by atoms with van der Waals surface area (Å²) in [7, 11) is 1.87. The largest absolute Gasteiger partial charge is 0.360 e. The number of rotatable bonds is 4. The van der Waals surface area contributed by atoms with Crippen molar-refractivity contribution in [1.82, 2.24) is 10.2 Å². The lowest BCUT2D eigenvalue weighted by molar-refractivity contribution is -0.116. The van der Waals surface area contributed by atoms with Gasteiger partial charge in [0.25, 0.3) is 0 Å². The lowest BCUT2D eigenvalue weighted by atomic mass is 9.95. The highest BCUT2D eigenvalue weighted by Crippen LogP contribution is 2.44. The molecule has 0 aromatic heterocycles. The summed E-state index contributed by atoms with van der Waals surface area (Å²) < 4.78 is 0. The van der Waals surface area contributed by atoms with Gasteiger partial charge in [-0.25, -0.2) is 0 Å². The van der Waals surface area contributed by atoms with Gasteiger partial charge in [-0.05, 0) is 62.4 Å². The Morgan fingerprint density at radius 3 is 2.61 bits per heavy atom. The van der Waals surface area contributed by atoms with E-state index in [9.17, 15) is 4.79 Å². The molecule has 0 saturated heterocycles. The molecule has 2 bridgehead atoms. The minimum Gasteiger partial charge on any atom is -0.360 e. The van der Waals surface area contributed by atoms with E-state index in [1.54, 1.807) is 0 Å². The molecule has 0 aliphatic heterocycles. The highest BCUT2D eigenvalue weighted by Gasteiger charge is 2.39. The standard InChI is InChI=1S/C18H25N3OS/c1-12-3-7-15(8-4-12)19-17(22)11-21(2)18(23)20-16-10-13-5-6-14(16)9-13/h3-4,7-8,13-14,16H,5-6,9-11H2,1-2H3,(H,19,22)(H,20,23)/t13-,14-,16-/m1/s1. The van der Waals surface area contributed by atoms with Crippen LogP contribution in [0, 0.1) is 18.8 Å². The number of carbonyl (C=O) groups is 1. The molecule has 0 unspecified atom stereocenters. The normalized spacial score (nSPS) is 25.2. The van der Waals surface area contributed by atoms with Gasteiger partial charge < -0.3 is 15.5 Å². The van der Waals surface area contributed by atoms with Crippen molar-refractivity contribution in [2.45, 2.75) is 38.6 Å². The summed E-state index contributed by atoms with van der Waals surface area (Å²) in [5.41, 5.74) is 2.00. The van der Waals surface area contributed by atoms with Crippen LogP contribution in [0.3, 0.4) is 0 Å². The maximum atomic E-state index is 12.1. The molecule has 2 fully saturated rings. The molecule has 2 aliphatic rings. The van der Waals surface area contributed by atoms with Crippen molar-refractivity contribution in [2.24, 2.45) is 11.8 Å². The van der Waals surface area contributed by atoms with Crippen molar-refractivity contribution >= 4 is 28.9 Å². The lowest BCUT2D eigenvalue weighted by Gasteiger charge is -2.28. The van der Waals surface area contributed by atoms with E-state index in [1.807, 2.05) is 43.1 Å². The average molecular weight is 331 g/mol. The van der Waals surface area contributed by atoms with Crippen molar-refractivity contribution in [3.8, 4) is 0 Å². The van der Waals surface area contributed by atoms with E-state index >= 15 is 0 Å². The first kappa shape index (κ1) is 16.2. The van der Waals surface area contributed by atoms with E-state index in [-0.39, 0.29) is 12.5 Å². The fraction of sp³-hybridized carbons (Fsp3) is 0.556. The number of benzene rings is 1. The average Bonchev–Trinajstić information content (AvgIpc) is 3.12. The van der Waals surface area contributed by atoms with Crippen molar-refractivity contribution in [2.75, 3.05) is 18.9 Å². The van der Waals surface area contributed by atoms with Gasteiger partial charge in [0, 0.05) is 18.8 Å². The Hall–Kier alpha value is -1.62. The monoisotopic (exact) mass is 331 g/mol. The second-order valence-electron chi connectivity index (χ2n) is 7.00. The molecule has 2 saturated carbocycles. The second kappa shape index (κ2) is 6.87. The summed E-state index contributed by atoms with van der Waals surface area (Å²) in [5.74, 6) is 1.61. The van der Waals surface area contributed by atoms with E-state index in [0.717, 1.165) is 17.5 Å². The third-order valence-electron chi connectivity index (χ3n) is 5.11. The number of fused-ring (bicyclic) bond motifs is 2. The van der Waals surface area contributed by atoms with E-state index < -0.39 is 0 Å². The van der Waals surface area contributed by atoms with E-state index in [2.05, 4.69) is 10.6 Å². The Morgan fingerprint density at radius 2 is 2.00 bits per heavy atom. The first-order chi connectivity index (χ1) is 11.0. The molecule has 0 radical (unpaired) electrons. The number of aryl methyl sites for hydroxylation is 1. The van der Waals surface area contributed by atoms with Crippen LogP contribution < -0.4 is 10.6 Å². The lowest BCUT2D eigenvalue weighted by Crippen LogP contribution is -2.47. The molecule has 3 rings (SSSR count). The van der Waals surface area contributed by atoms with Crippen LogP contribution in [0.1, 0.15) is 31.2 Å². The molecule has 2 aliphatic carbocycles. The number of nitrogens with one attached hydrogen (secondary N) is 2. The molecule has 1 aromatic carbocycles. The molecular formula is C18H25N3OS. The summed E-state index contributed by atoms with van der Waals surface area (Å²) in [6, 6.07) is 8.31. The van der Waals surface area contributed by atoms with E-state index in [0.29, 0.717) is 11.2 Å². The zero-order valence-corrected chi connectivity index (χ0v) is 14.7. The number of nitrogens with zero attached hydrogens (tertiary/aromatic N) is 1. The molecule has 3 atom stereocenters. The molecule has 5 heteroatoms. The van der Waals surface area contributed by atoms with Crippen LogP contribution in [0.4, 0.5) is 5.69 Å². The summed E-state index contributed by atoms with van der Waals surface area (Å²) in [6.45, 7) is 2.29. The Kier molecular flexibility index (Phi) is 4.85. The minimum atomic E-state index is -0.0477. The van der Waals surface area contributed by atoms with Gasteiger partial charge in [-0.1, -0.05) is 24.1 Å². The number of amides is 1. The predicted molar refractivity (Wildman–Crippen MR) is 97.4 cm³/mol. The Balaban J connectivity index is 1.46. The number of thiocarbonyl (C=S) groups is 1. The van der Waals surface area contributed by atoms with Crippen LogP contribution >= 0.6 is 12.2 Å². The molecule has 2 N–H and O–H groups in total. The van der Waals surface area contributed by atoms with Crippen LogP contribution in [-0.4, -0.2) is 35.6 Å². The molecule has 0 spiro atoms. The summed E-state index contributed by atoms with van der Waals surface area (Å²) in [5, 5.41) is 7.05. The smallest absolute Gasteiger partial charge is 0.243 e. The maximum Gasteiger partial charge on any atom is 0.243 e. The summed E-state index contributed by atoms with van der Waals surface area (Å²) in [4.78, 5) is 14.0.